The molecule has 2 amide bonds. The lowest BCUT2D eigenvalue weighted by atomic mass is 10.1. The lowest BCUT2D eigenvalue weighted by molar-refractivity contribution is -0.128. The van der Waals surface area contributed by atoms with Gasteiger partial charge in [-0.1, -0.05) is 0 Å². The highest BCUT2D eigenvalue weighted by Crippen LogP contribution is 2.34. The number of methoxy groups -OCH3 is 2. The molecule has 1 heterocycles. The van der Waals surface area contributed by atoms with E-state index in [1.807, 2.05) is 11.0 Å². The molecule has 2 rings (SSSR count). The van der Waals surface area contributed by atoms with Crippen molar-refractivity contribution in [2.45, 2.75) is 11.9 Å². The van der Waals surface area contributed by atoms with Gasteiger partial charge in [0.05, 0.1) is 19.9 Å². The Morgan fingerprint density at radius 2 is 2.04 bits per heavy atom. The molecule has 0 saturated heterocycles. The minimum atomic E-state index is -0.533. The molecule has 25 heavy (non-hydrogen) atoms. The molecule has 7 nitrogen and oxygen atoms in total. The topological polar surface area (TPSA) is 71.1 Å². The van der Waals surface area contributed by atoms with Crippen LogP contribution in [0.3, 0.4) is 0 Å². The van der Waals surface area contributed by atoms with Crippen molar-refractivity contribution >= 4 is 30.1 Å². The second-order valence-corrected chi connectivity index (χ2v) is 6.20. The van der Waals surface area contributed by atoms with Crippen molar-refractivity contribution in [3.8, 4) is 11.5 Å². The van der Waals surface area contributed by atoms with Crippen LogP contribution in [0.5, 0.6) is 11.5 Å². The number of amides is 2. The zero-order chi connectivity index (χ0) is 18.6. The van der Waals surface area contributed by atoms with Crippen molar-refractivity contribution in [3.05, 3.63) is 29.8 Å². The van der Waals surface area contributed by atoms with Crippen LogP contribution in [-0.2, 0) is 9.59 Å². The number of carbonyl (C=O) groups is 2. The monoisotopic (exact) mass is 365 g/mol. The smallest absolute Gasteiger partial charge is 0.248 e. The Morgan fingerprint density at radius 1 is 1.32 bits per heavy atom. The number of nitrogens with zero attached hydrogens (tertiary/aromatic N) is 2. The summed E-state index contributed by atoms with van der Waals surface area (Å²) in [6.45, 7) is 0.409. The minimum Gasteiger partial charge on any atom is -0.497 e. The molecule has 0 aromatic heterocycles. The van der Waals surface area contributed by atoms with Gasteiger partial charge in [-0.2, -0.15) is 0 Å². The maximum absolute atomic E-state index is 12.0. The first-order valence-corrected chi connectivity index (χ1v) is 8.28. The molecule has 0 aliphatic carbocycles. The molecule has 1 aliphatic heterocycles. The SMILES string of the molecule is COc1ccc(C2=CC(=O)NC(S)N2CCC(=O)N(C)C)c(OC)c1. The Balaban J connectivity index is 2.37. The Hall–Kier alpha value is -2.35. The molecule has 0 spiro atoms. The van der Waals surface area contributed by atoms with E-state index in [0.29, 0.717) is 30.2 Å². The second kappa shape index (κ2) is 8.15. The third-order valence-electron chi connectivity index (χ3n) is 3.89. The highest BCUT2D eigenvalue weighted by molar-refractivity contribution is 7.80. The highest BCUT2D eigenvalue weighted by atomic mass is 32.1. The number of ether oxygens (including phenoxy) is 2. The van der Waals surface area contributed by atoms with Gasteiger partial charge in [-0.3, -0.25) is 9.59 Å². The maximum Gasteiger partial charge on any atom is 0.248 e. The number of benzene rings is 1. The largest absolute Gasteiger partial charge is 0.497 e. The summed E-state index contributed by atoms with van der Waals surface area (Å²) >= 11 is 4.44. The van der Waals surface area contributed by atoms with E-state index >= 15 is 0 Å². The third-order valence-corrected chi connectivity index (χ3v) is 4.30. The van der Waals surface area contributed by atoms with Crippen molar-refractivity contribution in [1.29, 1.82) is 0 Å². The minimum absolute atomic E-state index is 0.00141. The lowest BCUT2D eigenvalue weighted by Gasteiger charge is -2.36. The standard InChI is InChI=1S/C17H23N3O4S/c1-19(2)16(22)7-8-20-13(10-15(21)18-17(20)25)12-6-5-11(23-3)9-14(12)24-4/h5-6,9-10,17,25H,7-8H2,1-4H3,(H,18,21). The van der Waals surface area contributed by atoms with Gasteiger partial charge in [-0.05, 0) is 12.1 Å². The number of rotatable bonds is 6. The molecule has 1 aliphatic rings. The Morgan fingerprint density at radius 3 is 2.64 bits per heavy atom. The van der Waals surface area contributed by atoms with Crippen LogP contribution in [0, 0.1) is 0 Å². The third kappa shape index (κ3) is 4.39. The van der Waals surface area contributed by atoms with E-state index in [-0.39, 0.29) is 11.8 Å². The zero-order valence-corrected chi connectivity index (χ0v) is 15.7. The molecule has 1 aromatic carbocycles. The van der Waals surface area contributed by atoms with E-state index < -0.39 is 5.50 Å². The average molecular weight is 365 g/mol. The molecule has 0 saturated carbocycles. The van der Waals surface area contributed by atoms with Gasteiger partial charge >= 0.3 is 0 Å². The van der Waals surface area contributed by atoms with E-state index in [0.717, 1.165) is 5.56 Å². The predicted octanol–water partition coefficient (Wildman–Crippen LogP) is 1.17. The molecule has 0 fully saturated rings. The fourth-order valence-electron chi connectivity index (χ4n) is 2.51. The van der Waals surface area contributed by atoms with Gasteiger partial charge in [0, 0.05) is 44.8 Å². The number of nitrogens with one attached hydrogen (secondary N) is 1. The Kier molecular flexibility index (Phi) is 6.19. The van der Waals surface area contributed by atoms with Crippen LogP contribution in [0.2, 0.25) is 0 Å². The summed E-state index contributed by atoms with van der Waals surface area (Å²) in [4.78, 5) is 27.3. The van der Waals surface area contributed by atoms with Crippen LogP contribution in [0.15, 0.2) is 24.3 Å². The fraction of sp³-hybridized carbons (Fsp3) is 0.412. The number of carbonyl (C=O) groups excluding carboxylic acids is 2. The highest BCUT2D eigenvalue weighted by Gasteiger charge is 2.28. The first-order chi connectivity index (χ1) is 11.9. The molecule has 1 aromatic rings. The summed E-state index contributed by atoms with van der Waals surface area (Å²) in [7, 11) is 6.55. The maximum atomic E-state index is 12.0. The molecule has 136 valence electrons. The van der Waals surface area contributed by atoms with Crippen molar-refractivity contribution in [2.24, 2.45) is 0 Å². The van der Waals surface area contributed by atoms with Gasteiger partial charge in [0.2, 0.25) is 11.8 Å². The van der Waals surface area contributed by atoms with Gasteiger partial charge in [0.1, 0.15) is 17.0 Å². The van der Waals surface area contributed by atoms with E-state index in [2.05, 4.69) is 17.9 Å². The van der Waals surface area contributed by atoms with Gasteiger partial charge in [0.25, 0.3) is 0 Å². The van der Waals surface area contributed by atoms with Crippen LogP contribution >= 0.6 is 12.6 Å². The van der Waals surface area contributed by atoms with Crippen molar-refractivity contribution in [1.82, 2.24) is 15.1 Å². The summed E-state index contributed by atoms with van der Waals surface area (Å²) in [5.74, 6) is 0.976. The Labute approximate surface area is 153 Å². The number of hydrogen-bond donors (Lipinski definition) is 2. The quantitative estimate of drug-likeness (QED) is 0.741. The zero-order valence-electron chi connectivity index (χ0n) is 14.8. The molecule has 1 atom stereocenters. The lowest BCUT2D eigenvalue weighted by Crippen LogP contribution is -2.48. The van der Waals surface area contributed by atoms with Crippen molar-refractivity contribution < 1.29 is 19.1 Å². The molecule has 1 N–H and O–H groups in total. The normalized spacial score (nSPS) is 16.8. The predicted molar refractivity (Wildman–Crippen MR) is 98.5 cm³/mol. The number of thiol groups is 1. The van der Waals surface area contributed by atoms with Crippen LogP contribution in [0.25, 0.3) is 5.70 Å². The van der Waals surface area contributed by atoms with Crippen molar-refractivity contribution in [2.75, 3.05) is 34.9 Å². The average Bonchev–Trinajstić information content (AvgIpc) is 2.59. The van der Waals surface area contributed by atoms with Gasteiger partial charge in [0.15, 0.2) is 0 Å². The van der Waals surface area contributed by atoms with Gasteiger partial charge in [-0.15, -0.1) is 12.6 Å². The second-order valence-electron chi connectivity index (χ2n) is 5.71. The first-order valence-electron chi connectivity index (χ1n) is 7.76. The van der Waals surface area contributed by atoms with E-state index in [1.54, 1.807) is 40.4 Å². The van der Waals surface area contributed by atoms with E-state index in [4.69, 9.17) is 9.47 Å². The fourth-order valence-corrected chi connectivity index (χ4v) is 2.88. The first kappa shape index (κ1) is 19.0. The molecular weight excluding hydrogens is 342 g/mol. The molecular formula is C17H23N3O4S. The molecule has 8 heteroatoms. The van der Waals surface area contributed by atoms with Gasteiger partial charge < -0.3 is 24.6 Å². The molecule has 0 radical (unpaired) electrons. The van der Waals surface area contributed by atoms with E-state index in [9.17, 15) is 9.59 Å². The summed E-state index contributed by atoms with van der Waals surface area (Å²) in [5, 5.41) is 2.73. The number of hydrogen-bond acceptors (Lipinski definition) is 6. The van der Waals surface area contributed by atoms with Crippen LogP contribution in [0.4, 0.5) is 0 Å². The van der Waals surface area contributed by atoms with Crippen molar-refractivity contribution in [3.63, 3.8) is 0 Å². The van der Waals surface area contributed by atoms with E-state index in [1.165, 1.54) is 11.0 Å². The summed E-state index contributed by atoms with van der Waals surface area (Å²) < 4.78 is 10.7. The summed E-state index contributed by atoms with van der Waals surface area (Å²) in [5.41, 5.74) is 0.846. The molecule has 1 unspecified atom stereocenters. The molecule has 0 bridgehead atoms. The van der Waals surface area contributed by atoms with Gasteiger partial charge in [-0.25, -0.2) is 0 Å². The Bertz CT molecular complexity index is 690. The summed E-state index contributed by atoms with van der Waals surface area (Å²) in [6, 6.07) is 5.37. The van der Waals surface area contributed by atoms with Crippen LogP contribution in [-0.4, -0.2) is 62.0 Å². The van der Waals surface area contributed by atoms with Crippen LogP contribution in [0.1, 0.15) is 12.0 Å². The summed E-state index contributed by atoms with van der Waals surface area (Å²) in [6.07, 6.45) is 1.78. The van der Waals surface area contributed by atoms with Crippen LogP contribution < -0.4 is 14.8 Å².